The third-order valence-electron chi connectivity index (χ3n) is 7.48. The van der Waals surface area contributed by atoms with Crippen LogP contribution in [-0.4, -0.2) is 64.9 Å². The molecule has 0 aromatic rings. The minimum absolute atomic E-state index is 0.113. The molecule has 3 heterocycles. The van der Waals surface area contributed by atoms with Crippen molar-refractivity contribution in [2.45, 2.75) is 83.3 Å². The molecule has 2 unspecified atom stereocenters. The number of amides is 4. The number of likely N-dealkylation sites (tertiary alicyclic amines) is 1. The van der Waals surface area contributed by atoms with Gasteiger partial charge in [0.05, 0.1) is 0 Å². The predicted molar refractivity (Wildman–Crippen MR) is 106 cm³/mol. The number of imide groups is 1. The second-order valence-corrected chi connectivity index (χ2v) is 10.3. The van der Waals surface area contributed by atoms with Crippen LogP contribution in [-0.2, 0) is 9.59 Å². The summed E-state index contributed by atoms with van der Waals surface area (Å²) in [6.07, 6.45) is 6.41. The maximum Gasteiger partial charge on any atom is 0.325 e. The SMILES string of the molecule is CC(C)(C)C1CCC2(CC1)NC(=O)N(CC(=O)N1CCC3CCC(C1)N3)C2=O. The Labute approximate surface area is 167 Å². The smallest absolute Gasteiger partial charge is 0.325 e. The van der Waals surface area contributed by atoms with Gasteiger partial charge in [0, 0.05) is 25.2 Å². The molecule has 2 bridgehead atoms. The van der Waals surface area contributed by atoms with Crippen LogP contribution in [0.2, 0.25) is 0 Å². The minimum Gasteiger partial charge on any atom is -0.340 e. The van der Waals surface area contributed by atoms with Gasteiger partial charge in [-0.05, 0) is 56.3 Å². The first-order valence-electron chi connectivity index (χ1n) is 10.9. The Kier molecular flexibility index (Phi) is 4.92. The third-order valence-corrected chi connectivity index (χ3v) is 7.48. The quantitative estimate of drug-likeness (QED) is 0.705. The summed E-state index contributed by atoms with van der Waals surface area (Å²) in [5.41, 5.74) is -0.582. The van der Waals surface area contributed by atoms with Gasteiger partial charge in [-0.3, -0.25) is 14.5 Å². The molecule has 1 spiro atoms. The summed E-state index contributed by atoms with van der Waals surface area (Å²) in [5, 5.41) is 6.50. The predicted octanol–water partition coefficient (Wildman–Crippen LogP) is 1.87. The van der Waals surface area contributed by atoms with Crippen molar-refractivity contribution in [3.8, 4) is 0 Å². The summed E-state index contributed by atoms with van der Waals surface area (Å²) >= 11 is 0. The van der Waals surface area contributed by atoms with Gasteiger partial charge in [-0.15, -0.1) is 0 Å². The van der Waals surface area contributed by atoms with Crippen molar-refractivity contribution in [3.05, 3.63) is 0 Å². The van der Waals surface area contributed by atoms with Gasteiger partial charge in [0.1, 0.15) is 12.1 Å². The van der Waals surface area contributed by atoms with Crippen LogP contribution in [0.3, 0.4) is 0 Å². The lowest BCUT2D eigenvalue weighted by molar-refractivity contribution is -0.140. The number of carbonyl (C=O) groups is 3. The lowest BCUT2D eigenvalue weighted by Crippen LogP contribution is -2.51. The van der Waals surface area contributed by atoms with E-state index in [0.29, 0.717) is 43.9 Å². The molecule has 28 heavy (non-hydrogen) atoms. The van der Waals surface area contributed by atoms with E-state index in [1.807, 2.05) is 4.90 Å². The molecular weight excluding hydrogens is 356 g/mol. The van der Waals surface area contributed by atoms with Crippen molar-refractivity contribution in [1.29, 1.82) is 0 Å². The van der Waals surface area contributed by atoms with E-state index in [1.54, 1.807) is 0 Å². The van der Waals surface area contributed by atoms with Crippen LogP contribution in [0.5, 0.6) is 0 Å². The molecule has 7 nitrogen and oxygen atoms in total. The number of urea groups is 1. The summed E-state index contributed by atoms with van der Waals surface area (Å²) in [6.45, 7) is 7.95. The van der Waals surface area contributed by atoms with Gasteiger partial charge in [0.25, 0.3) is 5.91 Å². The van der Waals surface area contributed by atoms with E-state index < -0.39 is 11.6 Å². The molecule has 2 N–H and O–H groups in total. The van der Waals surface area contributed by atoms with Crippen molar-refractivity contribution in [1.82, 2.24) is 20.4 Å². The third kappa shape index (κ3) is 3.53. The Morgan fingerprint density at radius 3 is 2.43 bits per heavy atom. The summed E-state index contributed by atoms with van der Waals surface area (Å²) in [6, 6.07) is 0.446. The van der Waals surface area contributed by atoms with Crippen LogP contribution in [0, 0.1) is 11.3 Å². The number of hydrogen-bond acceptors (Lipinski definition) is 4. The van der Waals surface area contributed by atoms with E-state index in [-0.39, 0.29) is 23.8 Å². The van der Waals surface area contributed by atoms with Crippen molar-refractivity contribution in [3.63, 3.8) is 0 Å². The molecule has 156 valence electrons. The molecule has 0 aromatic carbocycles. The van der Waals surface area contributed by atoms with Crippen molar-refractivity contribution >= 4 is 17.8 Å². The zero-order valence-corrected chi connectivity index (χ0v) is 17.4. The summed E-state index contributed by atoms with van der Waals surface area (Å²) < 4.78 is 0. The van der Waals surface area contributed by atoms with Crippen LogP contribution in [0.15, 0.2) is 0 Å². The molecule has 4 aliphatic rings. The fourth-order valence-electron chi connectivity index (χ4n) is 5.54. The first kappa shape index (κ1) is 19.7. The van der Waals surface area contributed by atoms with Gasteiger partial charge < -0.3 is 15.5 Å². The van der Waals surface area contributed by atoms with E-state index in [1.165, 1.54) is 6.42 Å². The van der Waals surface area contributed by atoms with Gasteiger partial charge >= 0.3 is 6.03 Å². The first-order valence-corrected chi connectivity index (χ1v) is 10.9. The fourth-order valence-corrected chi connectivity index (χ4v) is 5.54. The lowest BCUT2D eigenvalue weighted by atomic mass is 9.67. The highest BCUT2D eigenvalue weighted by Gasteiger charge is 2.53. The van der Waals surface area contributed by atoms with Crippen LogP contribution in [0.25, 0.3) is 0 Å². The summed E-state index contributed by atoms with van der Waals surface area (Å²) in [7, 11) is 0. The average molecular weight is 391 g/mol. The molecule has 4 rings (SSSR count). The Hall–Kier alpha value is -1.63. The van der Waals surface area contributed by atoms with Crippen LogP contribution in [0.4, 0.5) is 4.79 Å². The molecule has 4 fully saturated rings. The van der Waals surface area contributed by atoms with E-state index in [2.05, 4.69) is 31.4 Å². The Balaban J connectivity index is 1.39. The molecule has 3 aliphatic heterocycles. The molecule has 1 saturated carbocycles. The average Bonchev–Trinajstić information content (AvgIpc) is 3.06. The molecule has 1 aliphatic carbocycles. The van der Waals surface area contributed by atoms with Gasteiger partial charge in [-0.1, -0.05) is 20.8 Å². The van der Waals surface area contributed by atoms with Crippen molar-refractivity contribution < 1.29 is 14.4 Å². The Morgan fingerprint density at radius 2 is 1.75 bits per heavy atom. The molecule has 3 saturated heterocycles. The van der Waals surface area contributed by atoms with Crippen molar-refractivity contribution in [2.75, 3.05) is 19.6 Å². The van der Waals surface area contributed by atoms with E-state index in [0.717, 1.165) is 30.6 Å². The monoisotopic (exact) mass is 390 g/mol. The van der Waals surface area contributed by atoms with Crippen LogP contribution >= 0.6 is 0 Å². The van der Waals surface area contributed by atoms with E-state index in [9.17, 15) is 14.4 Å². The summed E-state index contributed by atoms with van der Waals surface area (Å²) in [4.78, 5) is 41.5. The van der Waals surface area contributed by atoms with Gasteiger partial charge in [0.2, 0.25) is 5.91 Å². The second-order valence-electron chi connectivity index (χ2n) is 10.3. The zero-order valence-electron chi connectivity index (χ0n) is 17.4. The van der Waals surface area contributed by atoms with Crippen LogP contribution < -0.4 is 10.6 Å². The molecule has 7 heteroatoms. The highest BCUT2D eigenvalue weighted by molar-refractivity contribution is 6.09. The van der Waals surface area contributed by atoms with Gasteiger partial charge in [-0.25, -0.2) is 4.79 Å². The van der Waals surface area contributed by atoms with E-state index >= 15 is 0 Å². The normalized spacial score (nSPS) is 36.0. The van der Waals surface area contributed by atoms with E-state index in [4.69, 9.17) is 0 Å². The Morgan fingerprint density at radius 1 is 1.07 bits per heavy atom. The largest absolute Gasteiger partial charge is 0.340 e. The lowest BCUT2D eigenvalue weighted by Gasteiger charge is -2.40. The number of carbonyl (C=O) groups excluding carboxylic acids is 3. The summed E-state index contributed by atoms with van der Waals surface area (Å²) in [5.74, 6) is 0.240. The van der Waals surface area contributed by atoms with Crippen LogP contribution in [0.1, 0.15) is 65.7 Å². The second kappa shape index (κ2) is 7.01. The molecular formula is C21H34N4O3. The van der Waals surface area contributed by atoms with Crippen molar-refractivity contribution in [2.24, 2.45) is 11.3 Å². The van der Waals surface area contributed by atoms with Gasteiger partial charge in [0.15, 0.2) is 0 Å². The number of nitrogens with one attached hydrogen (secondary N) is 2. The number of hydrogen-bond donors (Lipinski definition) is 2. The number of rotatable bonds is 2. The number of fused-ring (bicyclic) bond motifs is 2. The standard InChI is InChI=1S/C21H34N4O3/c1-20(2,3)14-6-9-21(10-7-14)18(27)25(19(28)23-21)13-17(26)24-11-8-15-4-5-16(12-24)22-15/h14-16,22H,4-13H2,1-3H3,(H,23,28). The topological polar surface area (TPSA) is 81.8 Å². The maximum absolute atomic E-state index is 13.1. The molecule has 2 atom stereocenters. The van der Waals surface area contributed by atoms with Gasteiger partial charge in [-0.2, -0.15) is 0 Å². The highest BCUT2D eigenvalue weighted by atomic mass is 16.2. The maximum atomic E-state index is 13.1. The number of nitrogens with zero attached hydrogens (tertiary/aromatic N) is 2. The molecule has 4 amide bonds. The highest BCUT2D eigenvalue weighted by Crippen LogP contribution is 2.43. The Bertz CT molecular complexity index is 663. The first-order chi connectivity index (χ1) is 13.2. The minimum atomic E-state index is -0.793. The molecule has 0 radical (unpaired) electrons. The molecule has 0 aromatic heterocycles. The zero-order chi connectivity index (χ0) is 20.1. The fraction of sp³-hybridized carbons (Fsp3) is 0.857.